The molecular formula is C15H18N2O2. The molecule has 1 aromatic heterocycles. The molecule has 0 atom stereocenters. The van der Waals surface area contributed by atoms with Crippen molar-refractivity contribution in [1.29, 1.82) is 0 Å². The number of aromatic nitrogens is 1. The Bertz CT molecular complexity index is 588. The molecule has 0 aliphatic heterocycles. The van der Waals surface area contributed by atoms with Gasteiger partial charge < -0.3 is 14.6 Å². The number of hydrogen-bond acceptors (Lipinski definition) is 3. The van der Waals surface area contributed by atoms with Crippen LogP contribution in [0.25, 0.3) is 0 Å². The SMILES string of the molecule is COC(=O)c1ccc(NCc2cccn2C)c(C)c1. The minimum Gasteiger partial charge on any atom is -0.465 e. The molecule has 0 saturated carbocycles. The number of carbonyl (C=O) groups excluding carboxylic acids is 1. The van der Waals surface area contributed by atoms with Crippen LogP contribution in [-0.2, 0) is 18.3 Å². The zero-order valence-electron chi connectivity index (χ0n) is 11.4. The van der Waals surface area contributed by atoms with E-state index in [-0.39, 0.29) is 5.97 Å². The van der Waals surface area contributed by atoms with Crippen molar-refractivity contribution in [1.82, 2.24) is 4.57 Å². The van der Waals surface area contributed by atoms with E-state index >= 15 is 0 Å². The first-order chi connectivity index (χ1) is 9.11. The number of carbonyl (C=O) groups is 1. The first kappa shape index (κ1) is 13.2. The van der Waals surface area contributed by atoms with E-state index in [0.29, 0.717) is 5.56 Å². The van der Waals surface area contributed by atoms with Gasteiger partial charge in [0.2, 0.25) is 0 Å². The molecule has 0 aliphatic rings. The zero-order chi connectivity index (χ0) is 13.8. The second-order valence-corrected chi connectivity index (χ2v) is 4.49. The van der Waals surface area contributed by atoms with Gasteiger partial charge in [0.1, 0.15) is 0 Å². The van der Waals surface area contributed by atoms with Crippen molar-refractivity contribution in [2.75, 3.05) is 12.4 Å². The topological polar surface area (TPSA) is 43.3 Å². The molecule has 19 heavy (non-hydrogen) atoms. The highest BCUT2D eigenvalue weighted by molar-refractivity contribution is 5.90. The lowest BCUT2D eigenvalue weighted by Crippen LogP contribution is -2.06. The lowest BCUT2D eigenvalue weighted by Gasteiger charge is -2.11. The van der Waals surface area contributed by atoms with E-state index in [1.165, 1.54) is 12.8 Å². The van der Waals surface area contributed by atoms with Gasteiger partial charge in [-0.25, -0.2) is 4.79 Å². The maximum Gasteiger partial charge on any atom is 0.337 e. The molecule has 2 rings (SSSR count). The molecule has 2 aromatic rings. The average Bonchev–Trinajstić information content (AvgIpc) is 2.82. The van der Waals surface area contributed by atoms with Crippen molar-refractivity contribution < 1.29 is 9.53 Å². The summed E-state index contributed by atoms with van der Waals surface area (Å²) in [7, 11) is 3.41. The Balaban J connectivity index is 2.09. The first-order valence-corrected chi connectivity index (χ1v) is 6.15. The number of nitrogens with one attached hydrogen (secondary N) is 1. The summed E-state index contributed by atoms with van der Waals surface area (Å²) < 4.78 is 6.78. The quantitative estimate of drug-likeness (QED) is 0.857. The number of anilines is 1. The number of esters is 1. The number of nitrogens with zero attached hydrogens (tertiary/aromatic N) is 1. The maximum absolute atomic E-state index is 11.4. The van der Waals surface area contributed by atoms with Gasteiger partial charge in [-0.15, -0.1) is 0 Å². The summed E-state index contributed by atoms with van der Waals surface area (Å²) in [6.07, 6.45) is 2.02. The highest BCUT2D eigenvalue weighted by atomic mass is 16.5. The standard InChI is InChI=1S/C15H18N2O2/c1-11-9-12(15(18)19-3)6-7-14(11)16-10-13-5-4-8-17(13)2/h4-9,16H,10H2,1-3H3. The van der Waals surface area contributed by atoms with Crippen LogP contribution in [0.3, 0.4) is 0 Å². The van der Waals surface area contributed by atoms with Crippen LogP contribution < -0.4 is 5.32 Å². The van der Waals surface area contributed by atoms with Crippen molar-refractivity contribution in [3.8, 4) is 0 Å². The van der Waals surface area contributed by atoms with Crippen molar-refractivity contribution in [3.05, 3.63) is 53.3 Å². The van der Waals surface area contributed by atoms with Gasteiger partial charge in [0.15, 0.2) is 0 Å². The summed E-state index contributed by atoms with van der Waals surface area (Å²) in [4.78, 5) is 11.4. The molecule has 0 unspecified atom stereocenters. The molecule has 0 amide bonds. The molecule has 0 fully saturated rings. The second-order valence-electron chi connectivity index (χ2n) is 4.49. The van der Waals surface area contributed by atoms with Gasteiger partial charge in [0.25, 0.3) is 0 Å². The highest BCUT2D eigenvalue weighted by Crippen LogP contribution is 2.18. The summed E-state index contributed by atoms with van der Waals surface area (Å²) in [5, 5.41) is 3.37. The summed E-state index contributed by atoms with van der Waals surface area (Å²) in [6, 6.07) is 9.60. The molecule has 4 nitrogen and oxygen atoms in total. The van der Waals surface area contributed by atoms with Gasteiger partial charge in [0, 0.05) is 24.6 Å². The predicted molar refractivity (Wildman–Crippen MR) is 75.3 cm³/mol. The van der Waals surface area contributed by atoms with Crippen LogP contribution >= 0.6 is 0 Å². The Kier molecular flexibility index (Phi) is 3.90. The molecule has 1 heterocycles. The number of methoxy groups -OCH3 is 1. The van der Waals surface area contributed by atoms with E-state index in [1.807, 2.05) is 38.4 Å². The fourth-order valence-corrected chi connectivity index (χ4v) is 1.97. The van der Waals surface area contributed by atoms with Crippen molar-refractivity contribution in [2.24, 2.45) is 7.05 Å². The minimum atomic E-state index is -0.308. The van der Waals surface area contributed by atoms with E-state index in [1.54, 1.807) is 6.07 Å². The Hall–Kier alpha value is -2.23. The summed E-state index contributed by atoms with van der Waals surface area (Å²) in [5.41, 5.74) is 3.83. The normalized spacial score (nSPS) is 10.3. The number of aryl methyl sites for hydroxylation is 2. The Labute approximate surface area is 113 Å². The molecular weight excluding hydrogens is 240 g/mol. The Morgan fingerprint density at radius 2 is 2.16 bits per heavy atom. The maximum atomic E-state index is 11.4. The smallest absolute Gasteiger partial charge is 0.337 e. The first-order valence-electron chi connectivity index (χ1n) is 6.15. The van der Waals surface area contributed by atoms with Crippen LogP contribution in [-0.4, -0.2) is 17.6 Å². The molecule has 1 aromatic carbocycles. The summed E-state index contributed by atoms with van der Waals surface area (Å²) >= 11 is 0. The number of hydrogen-bond donors (Lipinski definition) is 1. The number of benzene rings is 1. The van der Waals surface area contributed by atoms with Gasteiger partial charge in [-0.05, 0) is 42.8 Å². The molecule has 0 aliphatic carbocycles. The predicted octanol–water partition coefficient (Wildman–Crippen LogP) is 2.73. The molecule has 0 spiro atoms. The lowest BCUT2D eigenvalue weighted by molar-refractivity contribution is 0.0600. The number of ether oxygens (including phenoxy) is 1. The van der Waals surface area contributed by atoms with Crippen molar-refractivity contribution in [3.63, 3.8) is 0 Å². The van der Waals surface area contributed by atoms with Crippen LogP contribution in [0.2, 0.25) is 0 Å². The third-order valence-corrected chi connectivity index (χ3v) is 3.16. The van der Waals surface area contributed by atoms with E-state index < -0.39 is 0 Å². The third kappa shape index (κ3) is 2.96. The third-order valence-electron chi connectivity index (χ3n) is 3.16. The van der Waals surface area contributed by atoms with Gasteiger partial charge >= 0.3 is 5.97 Å². The van der Waals surface area contributed by atoms with E-state index in [0.717, 1.165) is 17.8 Å². The van der Waals surface area contributed by atoms with E-state index in [4.69, 9.17) is 4.74 Å². The van der Waals surface area contributed by atoms with Gasteiger partial charge in [-0.3, -0.25) is 0 Å². The summed E-state index contributed by atoms with van der Waals surface area (Å²) in [5.74, 6) is -0.308. The lowest BCUT2D eigenvalue weighted by atomic mass is 10.1. The van der Waals surface area contributed by atoms with Gasteiger partial charge in [-0.2, -0.15) is 0 Å². The van der Waals surface area contributed by atoms with E-state index in [9.17, 15) is 4.79 Å². The fraction of sp³-hybridized carbons (Fsp3) is 0.267. The molecule has 1 N–H and O–H groups in total. The summed E-state index contributed by atoms with van der Waals surface area (Å²) in [6.45, 7) is 2.72. The Morgan fingerprint density at radius 3 is 2.74 bits per heavy atom. The van der Waals surface area contributed by atoms with Crippen molar-refractivity contribution in [2.45, 2.75) is 13.5 Å². The number of rotatable bonds is 4. The molecule has 0 saturated heterocycles. The monoisotopic (exact) mass is 258 g/mol. The second kappa shape index (κ2) is 5.61. The van der Waals surface area contributed by atoms with Crippen molar-refractivity contribution >= 4 is 11.7 Å². The average molecular weight is 258 g/mol. The van der Waals surface area contributed by atoms with Crippen LogP contribution in [0.5, 0.6) is 0 Å². The molecule has 4 heteroatoms. The zero-order valence-corrected chi connectivity index (χ0v) is 11.4. The Morgan fingerprint density at radius 1 is 1.37 bits per heavy atom. The van der Waals surface area contributed by atoms with Crippen LogP contribution in [0.15, 0.2) is 36.5 Å². The van der Waals surface area contributed by atoms with Gasteiger partial charge in [0.05, 0.1) is 19.2 Å². The molecule has 0 radical (unpaired) electrons. The fourth-order valence-electron chi connectivity index (χ4n) is 1.97. The highest BCUT2D eigenvalue weighted by Gasteiger charge is 2.07. The van der Waals surface area contributed by atoms with E-state index in [2.05, 4.69) is 16.0 Å². The van der Waals surface area contributed by atoms with Crippen LogP contribution in [0.1, 0.15) is 21.6 Å². The largest absolute Gasteiger partial charge is 0.465 e. The molecule has 0 bridgehead atoms. The molecule has 100 valence electrons. The van der Waals surface area contributed by atoms with Gasteiger partial charge in [-0.1, -0.05) is 0 Å². The minimum absolute atomic E-state index is 0.308. The van der Waals surface area contributed by atoms with Crippen LogP contribution in [0.4, 0.5) is 5.69 Å². The van der Waals surface area contributed by atoms with Crippen LogP contribution in [0, 0.1) is 6.92 Å².